The van der Waals surface area contributed by atoms with Crippen LogP contribution in [-0.4, -0.2) is 32.8 Å². The molecule has 4 rings (SSSR count). The van der Waals surface area contributed by atoms with Crippen molar-refractivity contribution in [2.24, 2.45) is 0 Å². The third-order valence-electron chi connectivity index (χ3n) is 4.54. The van der Waals surface area contributed by atoms with Crippen molar-refractivity contribution in [2.75, 3.05) is 7.11 Å². The van der Waals surface area contributed by atoms with Crippen LogP contribution in [-0.2, 0) is 9.53 Å². The number of methoxy groups -OCH3 is 1. The molecule has 2 aliphatic rings. The number of rotatable bonds is 7. The average Bonchev–Trinajstić information content (AvgIpc) is 3.59. The summed E-state index contributed by atoms with van der Waals surface area (Å²) in [7, 11) is 1.28. The van der Waals surface area contributed by atoms with Crippen LogP contribution in [0.1, 0.15) is 49.0 Å². The lowest BCUT2D eigenvalue weighted by Gasteiger charge is -2.08. The molecule has 1 heterocycles. The number of benzene rings is 1. The van der Waals surface area contributed by atoms with Crippen molar-refractivity contribution in [1.29, 1.82) is 0 Å². The van der Waals surface area contributed by atoms with Gasteiger partial charge < -0.3 is 9.30 Å². The van der Waals surface area contributed by atoms with Gasteiger partial charge in [-0.3, -0.25) is 10.1 Å². The molecule has 2 aromatic rings. The van der Waals surface area contributed by atoms with E-state index < -0.39 is 10.9 Å². The quantitative estimate of drug-likeness (QED) is 0.309. The summed E-state index contributed by atoms with van der Waals surface area (Å²) in [6, 6.07) is 5.28. The lowest BCUT2D eigenvalue weighted by atomic mass is 10.2. The molecular weight excluding hydrogens is 368 g/mol. The number of hydrogen-bond donors (Lipinski definition) is 0. The Balaban J connectivity index is 1.63. The summed E-state index contributed by atoms with van der Waals surface area (Å²) in [6.45, 7) is 0. The second-order valence-electron chi connectivity index (χ2n) is 6.66. The number of carbonyl (C=O) groups excluding carboxylic acids is 1. The van der Waals surface area contributed by atoms with Crippen molar-refractivity contribution in [3.05, 3.63) is 45.8 Å². The predicted molar refractivity (Wildman–Crippen MR) is 98.5 cm³/mol. The van der Waals surface area contributed by atoms with Crippen LogP contribution >= 0.6 is 11.8 Å². The Morgan fingerprint density at radius 2 is 2.11 bits per heavy atom. The van der Waals surface area contributed by atoms with Gasteiger partial charge >= 0.3 is 5.97 Å². The van der Waals surface area contributed by atoms with E-state index in [0.717, 1.165) is 31.5 Å². The van der Waals surface area contributed by atoms with Crippen molar-refractivity contribution >= 4 is 29.5 Å². The molecule has 2 fully saturated rings. The van der Waals surface area contributed by atoms with Crippen molar-refractivity contribution in [2.45, 2.75) is 47.7 Å². The van der Waals surface area contributed by atoms with Gasteiger partial charge in [-0.25, -0.2) is 4.79 Å². The zero-order chi connectivity index (χ0) is 19.0. The van der Waals surface area contributed by atoms with Crippen molar-refractivity contribution in [3.8, 4) is 0 Å². The standard InChI is InChI=1S/C18H18N4O4S/c1-26-16(23)9-3-11-2-8-15(14(10-11)22(24)25)27-18-20-19-17(12-4-5-12)21(18)13-6-7-13/h2-3,8-10,12-13H,4-7H2,1H3/b9-3+. The highest BCUT2D eigenvalue weighted by atomic mass is 32.2. The van der Waals surface area contributed by atoms with Gasteiger partial charge in [-0.2, -0.15) is 0 Å². The van der Waals surface area contributed by atoms with Gasteiger partial charge in [0.05, 0.1) is 16.9 Å². The van der Waals surface area contributed by atoms with E-state index >= 15 is 0 Å². The van der Waals surface area contributed by atoms with Gasteiger partial charge in [0.25, 0.3) is 5.69 Å². The molecule has 2 saturated carbocycles. The first kappa shape index (κ1) is 17.7. The predicted octanol–water partition coefficient (Wildman–Crippen LogP) is 3.74. The molecule has 140 valence electrons. The molecule has 0 saturated heterocycles. The maximum Gasteiger partial charge on any atom is 0.330 e. The number of nitro benzene ring substituents is 1. The highest BCUT2D eigenvalue weighted by molar-refractivity contribution is 7.99. The molecule has 0 aliphatic heterocycles. The fourth-order valence-corrected chi connectivity index (χ4v) is 3.84. The van der Waals surface area contributed by atoms with E-state index in [2.05, 4.69) is 19.5 Å². The summed E-state index contributed by atoms with van der Waals surface area (Å²) in [6.07, 6.45) is 7.20. The van der Waals surface area contributed by atoms with Crippen LogP contribution in [0.15, 0.2) is 34.3 Å². The Morgan fingerprint density at radius 3 is 2.74 bits per heavy atom. The van der Waals surface area contributed by atoms with Crippen molar-refractivity contribution in [3.63, 3.8) is 0 Å². The van der Waals surface area contributed by atoms with Crippen LogP contribution < -0.4 is 0 Å². The normalized spacial score (nSPS) is 16.6. The Labute approximate surface area is 159 Å². The molecule has 8 nitrogen and oxygen atoms in total. The van der Waals surface area contributed by atoms with Gasteiger partial charge in [-0.15, -0.1) is 10.2 Å². The first-order chi connectivity index (χ1) is 13.1. The highest BCUT2D eigenvalue weighted by Crippen LogP contribution is 2.47. The zero-order valence-electron chi connectivity index (χ0n) is 14.7. The molecule has 0 amide bonds. The number of aromatic nitrogens is 3. The lowest BCUT2D eigenvalue weighted by molar-refractivity contribution is -0.387. The van der Waals surface area contributed by atoms with Crippen LogP contribution in [0.25, 0.3) is 6.08 Å². The Morgan fingerprint density at radius 1 is 1.33 bits per heavy atom. The van der Waals surface area contributed by atoms with E-state index in [-0.39, 0.29) is 5.69 Å². The molecule has 0 N–H and O–H groups in total. The molecule has 1 aromatic heterocycles. The number of nitrogens with zero attached hydrogens (tertiary/aromatic N) is 4. The second kappa shape index (κ2) is 7.15. The summed E-state index contributed by atoms with van der Waals surface area (Å²) < 4.78 is 6.70. The molecule has 2 aliphatic carbocycles. The second-order valence-corrected chi connectivity index (χ2v) is 7.67. The zero-order valence-corrected chi connectivity index (χ0v) is 15.5. The third kappa shape index (κ3) is 3.87. The summed E-state index contributed by atoms with van der Waals surface area (Å²) in [5.74, 6) is 0.981. The van der Waals surface area contributed by atoms with Gasteiger partial charge in [0.15, 0.2) is 5.16 Å². The molecule has 0 bridgehead atoms. The van der Waals surface area contributed by atoms with Gasteiger partial charge in [-0.05, 0) is 55.2 Å². The van der Waals surface area contributed by atoms with Gasteiger partial charge in [0.2, 0.25) is 0 Å². The van der Waals surface area contributed by atoms with Crippen LogP contribution in [0.3, 0.4) is 0 Å². The monoisotopic (exact) mass is 386 g/mol. The molecule has 9 heteroatoms. The van der Waals surface area contributed by atoms with E-state index in [1.165, 1.54) is 37.1 Å². The van der Waals surface area contributed by atoms with E-state index in [4.69, 9.17) is 0 Å². The van der Waals surface area contributed by atoms with Crippen molar-refractivity contribution in [1.82, 2.24) is 14.8 Å². The molecule has 1 aromatic carbocycles. The average molecular weight is 386 g/mol. The number of ether oxygens (including phenoxy) is 1. The van der Waals surface area contributed by atoms with Gasteiger partial charge in [0.1, 0.15) is 5.82 Å². The lowest BCUT2D eigenvalue weighted by Crippen LogP contribution is -2.02. The smallest absolute Gasteiger partial charge is 0.330 e. The van der Waals surface area contributed by atoms with Crippen molar-refractivity contribution < 1.29 is 14.5 Å². The number of hydrogen-bond acceptors (Lipinski definition) is 7. The maximum atomic E-state index is 11.5. The fraction of sp³-hybridized carbons (Fsp3) is 0.389. The molecule has 0 unspecified atom stereocenters. The molecule has 0 radical (unpaired) electrons. The highest BCUT2D eigenvalue weighted by Gasteiger charge is 2.36. The molecule has 0 atom stereocenters. The Kier molecular flexibility index (Phi) is 4.69. The van der Waals surface area contributed by atoms with E-state index in [1.54, 1.807) is 12.1 Å². The summed E-state index contributed by atoms with van der Waals surface area (Å²) in [5.41, 5.74) is 0.532. The third-order valence-corrected chi connectivity index (χ3v) is 5.57. The molecular formula is C18H18N4O4S. The molecule has 0 spiro atoms. The minimum absolute atomic E-state index is 0.0228. The van der Waals surface area contributed by atoms with E-state index in [1.807, 2.05) is 0 Å². The Hall–Kier alpha value is -2.68. The maximum absolute atomic E-state index is 11.5. The van der Waals surface area contributed by atoms with Crippen LogP contribution in [0.5, 0.6) is 0 Å². The number of esters is 1. The first-order valence-electron chi connectivity index (χ1n) is 8.74. The van der Waals surface area contributed by atoms with E-state index in [0.29, 0.717) is 27.6 Å². The van der Waals surface area contributed by atoms with E-state index in [9.17, 15) is 14.9 Å². The largest absolute Gasteiger partial charge is 0.466 e. The summed E-state index contributed by atoms with van der Waals surface area (Å²) in [4.78, 5) is 22.9. The fourth-order valence-electron chi connectivity index (χ4n) is 2.85. The van der Waals surface area contributed by atoms with Gasteiger partial charge in [-0.1, -0.05) is 6.07 Å². The van der Waals surface area contributed by atoms with Crippen LogP contribution in [0.4, 0.5) is 5.69 Å². The minimum Gasteiger partial charge on any atom is -0.466 e. The van der Waals surface area contributed by atoms with Crippen LogP contribution in [0.2, 0.25) is 0 Å². The SMILES string of the molecule is COC(=O)/C=C/c1ccc(Sc2nnc(C3CC3)n2C2CC2)c([N+](=O)[O-])c1. The molecule has 27 heavy (non-hydrogen) atoms. The Bertz CT molecular complexity index is 931. The number of carbonyl (C=O) groups is 1. The number of nitro groups is 1. The summed E-state index contributed by atoms with van der Waals surface area (Å²) in [5, 5.41) is 20.9. The summed E-state index contributed by atoms with van der Waals surface area (Å²) >= 11 is 1.27. The van der Waals surface area contributed by atoms with Crippen LogP contribution in [0, 0.1) is 10.1 Å². The topological polar surface area (TPSA) is 100 Å². The van der Waals surface area contributed by atoms with Gasteiger partial charge in [0, 0.05) is 24.1 Å². The first-order valence-corrected chi connectivity index (χ1v) is 9.55. The minimum atomic E-state index is -0.513.